The molecule has 106 valence electrons. The monoisotopic (exact) mass is 292 g/mol. The molecule has 0 radical (unpaired) electrons. The predicted octanol–water partition coefficient (Wildman–Crippen LogP) is 1.06. The number of hydrogen-bond acceptors (Lipinski definition) is 4. The third kappa shape index (κ3) is 2.73. The van der Waals surface area contributed by atoms with Crippen molar-refractivity contribution in [3.63, 3.8) is 0 Å². The van der Waals surface area contributed by atoms with Crippen LogP contribution in [0.5, 0.6) is 0 Å². The molecule has 1 aliphatic rings. The maximum atomic E-state index is 11.8. The highest BCUT2D eigenvalue weighted by Gasteiger charge is 2.35. The zero-order valence-electron chi connectivity index (χ0n) is 11.2. The van der Waals surface area contributed by atoms with Gasteiger partial charge in [0, 0.05) is 37.7 Å². The Bertz CT molecular complexity index is 719. The van der Waals surface area contributed by atoms with E-state index in [2.05, 4.69) is 14.8 Å². The van der Waals surface area contributed by atoms with Crippen LogP contribution < -0.4 is 4.72 Å². The third-order valence-electron chi connectivity index (χ3n) is 3.35. The van der Waals surface area contributed by atoms with Crippen LogP contribution in [0.4, 0.5) is 0 Å². The fourth-order valence-corrected chi connectivity index (χ4v) is 3.42. The Hall–Kier alpha value is -1.73. The molecule has 2 heterocycles. The van der Waals surface area contributed by atoms with Crippen LogP contribution in [0.25, 0.3) is 11.3 Å². The summed E-state index contributed by atoms with van der Waals surface area (Å²) in [5.74, 6) is 0. The Balaban J connectivity index is 1.76. The van der Waals surface area contributed by atoms with Gasteiger partial charge in [0.2, 0.25) is 10.0 Å². The van der Waals surface area contributed by atoms with Crippen molar-refractivity contribution < 1.29 is 8.42 Å². The minimum atomic E-state index is -3.16. The molecule has 0 aliphatic heterocycles. The maximum Gasteiger partial charge on any atom is 0.214 e. The van der Waals surface area contributed by atoms with Gasteiger partial charge in [-0.2, -0.15) is 5.10 Å². The second-order valence-electron chi connectivity index (χ2n) is 4.99. The molecule has 0 amide bonds. The van der Waals surface area contributed by atoms with E-state index in [0.717, 1.165) is 29.7 Å². The van der Waals surface area contributed by atoms with E-state index < -0.39 is 10.0 Å². The van der Waals surface area contributed by atoms with E-state index in [-0.39, 0.29) is 11.8 Å². The molecular weight excluding hydrogens is 276 g/mol. The minimum absolute atomic E-state index is 0.198. The van der Waals surface area contributed by atoms with E-state index in [1.54, 1.807) is 23.3 Å². The van der Waals surface area contributed by atoms with Gasteiger partial charge in [0.25, 0.3) is 0 Å². The number of rotatable bonds is 5. The molecule has 7 heteroatoms. The molecule has 0 spiro atoms. The van der Waals surface area contributed by atoms with Crippen molar-refractivity contribution in [3.8, 4) is 11.3 Å². The number of nitrogens with zero attached hydrogens (tertiary/aromatic N) is 3. The lowest BCUT2D eigenvalue weighted by molar-refractivity contribution is 0.580. The summed E-state index contributed by atoms with van der Waals surface area (Å²) < 4.78 is 28.0. The molecule has 2 aromatic rings. The number of nitrogens with one attached hydrogen (secondary N) is 1. The van der Waals surface area contributed by atoms with E-state index in [9.17, 15) is 8.42 Å². The zero-order chi connectivity index (χ0) is 14.2. The van der Waals surface area contributed by atoms with Gasteiger partial charge in [0.15, 0.2) is 0 Å². The minimum Gasteiger partial charge on any atom is -0.268 e. The average molecular weight is 292 g/mol. The number of aryl methyl sites for hydroxylation is 1. The molecule has 0 bridgehead atoms. The SMILES string of the molecule is Cn1nccc1-c1cncc(CNS(=O)(=O)C2CC2)c1. The summed E-state index contributed by atoms with van der Waals surface area (Å²) in [5, 5.41) is 3.92. The van der Waals surface area contributed by atoms with Crippen LogP contribution in [-0.4, -0.2) is 28.4 Å². The van der Waals surface area contributed by atoms with Gasteiger partial charge in [0.1, 0.15) is 0 Å². The molecule has 1 fully saturated rings. The van der Waals surface area contributed by atoms with Gasteiger partial charge in [-0.3, -0.25) is 9.67 Å². The average Bonchev–Trinajstić information content (AvgIpc) is 3.21. The van der Waals surface area contributed by atoms with Crippen LogP contribution in [0.1, 0.15) is 18.4 Å². The van der Waals surface area contributed by atoms with Crippen molar-refractivity contribution in [2.24, 2.45) is 7.05 Å². The highest BCUT2D eigenvalue weighted by atomic mass is 32.2. The molecule has 1 saturated carbocycles. The first-order valence-electron chi connectivity index (χ1n) is 6.47. The first-order valence-corrected chi connectivity index (χ1v) is 8.02. The van der Waals surface area contributed by atoms with E-state index in [1.807, 2.05) is 19.2 Å². The van der Waals surface area contributed by atoms with Crippen molar-refractivity contribution in [3.05, 3.63) is 36.3 Å². The fourth-order valence-electron chi connectivity index (χ4n) is 2.06. The van der Waals surface area contributed by atoms with Crippen molar-refractivity contribution >= 4 is 10.0 Å². The van der Waals surface area contributed by atoms with Crippen LogP contribution in [0, 0.1) is 0 Å². The number of pyridine rings is 1. The van der Waals surface area contributed by atoms with Gasteiger partial charge in [-0.05, 0) is 30.5 Å². The van der Waals surface area contributed by atoms with Crippen LogP contribution in [-0.2, 0) is 23.6 Å². The number of hydrogen-bond donors (Lipinski definition) is 1. The molecule has 0 unspecified atom stereocenters. The highest BCUT2D eigenvalue weighted by Crippen LogP contribution is 2.27. The van der Waals surface area contributed by atoms with Crippen molar-refractivity contribution in [2.75, 3.05) is 0 Å². The van der Waals surface area contributed by atoms with Crippen molar-refractivity contribution in [2.45, 2.75) is 24.6 Å². The zero-order valence-corrected chi connectivity index (χ0v) is 12.0. The summed E-state index contributed by atoms with van der Waals surface area (Å²) in [5.41, 5.74) is 2.71. The Kier molecular flexibility index (Phi) is 3.31. The Morgan fingerprint density at radius 1 is 1.40 bits per heavy atom. The van der Waals surface area contributed by atoms with E-state index in [4.69, 9.17) is 0 Å². The normalized spacial score (nSPS) is 15.4. The van der Waals surface area contributed by atoms with Gasteiger partial charge in [-0.15, -0.1) is 0 Å². The lowest BCUT2D eigenvalue weighted by atomic mass is 10.1. The largest absolute Gasteiger partial charge is 0.268 e. The van der Waals surface area contributed by atoms with Gasteiger partial charge < -0.3 is 0 Å². The summed E-state index contributed by atoms with van der Waals surface area (Å²) >= 11 is 0. The van der Waals surface area contributed by atoms with Crippen LogP contribution in [0.15, 0.2) is 30.7 Å². The lowest BCUT2D eigenvalue weighted by Crippen LogP contribution is -2.26. The van der Waals surface area contributed by atoms with Crippen LogP contribution >= 0.6 is 0 Å². The first kappa shape index (κ1) is 13.3. The van der Waals surface area contributed by atoms with E-state index in [1.165, 1.54) is 0 Å². The molecule has 3 rings (SSSR count). The van der Waals surface area contributed by atoms with Crippen LogP contribution in [0.3, 0.4) is 0 Å². The molecule has 20 heavy (non-hydrogen) atoms. The molecule has 2 aromatic heterocycles. The van der Waals surface area contributed by atoms with E-state index >= 15 is 0 Å². The van der Waals surface area contributed by atoms with Crippen molar-refractivity contribution in [1.29, 1.82) is 0 Å². The van der Waals surface area contributed by atoms with Gasteiger partial charge in [-0.1, -0.05) is 0 Å². The molecule has 6 nitrogen and oxygen atoms in total. The third-order valence-corrected chi connectivity index (χ3v) is 5.25. The molecule has 0 atom stereocenters. The van der Waals surface area contributed by atoms with E-state index in [0.29, 0.717) is 0 Å². The summed E-state index contributed by atoms with van der Waals surface area (Å²) in [6.07, 6.45) is 6.67. The van der Waals surface area contributed by atoms with Gasteiger partial charge in [-0.25, -0.2) is 13.1 Å². The lowest BCUT2D eigenvalue weighted by Gasteiger charge is -2.07. The summed E-state index contributed by atoms with van der Waals surface area (Å²) in [7, 11) is -1.30. The number of aromatic nitrogens is 3. The highest BCUT2D eigenvalue weighted by molar-refractivity contribution is 7.90. The fraction of sp³-hybridized carbons (Fsp3) is 0.385. The molecule has 0 saturated heterocycles. The predicted molar refractivity (Wildman–Crippen MR) is 75.2 cm³/mol. The summed E-state index contributed by atoms with van der Waals surface area (Å²) in [6, 6.07) is 3.83. The second kappa shape index (κ2) is 4.99. The smallest absolute Gasteiger partial charge is 0.214 e. The maximum absolute atomic E-state index is 11.8. The quantitative estimate of drug-likeness (QED) is 0.894. The standard InChI is InChI=1S/C13H16N4O2S/c1-17-13(4-5-15-17)11-6-10(7-14-9-11)8-16-20(18,19)12-2-3-12/h4-7,9,12,16H,2-3,8H2,1H3. The summed E-state index contributed by atoms with van der Waals surface area (Å²) in [6.45, 7) is 0.275. The number of sulfonamides is 1. The first-order chi connectivity index (χ1) is 9.56. The van der Waals surface area contributed by atoms with Gasteiger partial charge in [0.05, 0.1) is 10.9 Å². The summed E-state index contributed by atoms with van der Waals surface area (Å²) in [4.78, 5) is 4.17. The van der Waals surface area contributed by atoms with Crippen LogP contribution in [0.2, 0.25) is 0 Å². The Morgan fingerprint density at radius 2 is 2.20 bits per heavy atom. The second-order valence-corrected chi connectivity index (χ2v) is 7.03. The molecule has 1 N–H and O–H groups in total. The molecule has 0 aromatic carbocycles. The van der Waals surface area contributed by atoms with Crippen molar-refractivity contribution in [1.82, 2.24) is 19.5 Å². The Morgan fingerprint density at radius 3 is 2.85 bits per heavy atom. The Labute approximate surface area is 117 Å². The van der Waals surface area contributed by atoms with Gasteiger partial charge >= 0.3 is 0 Å². The molecular formula is C13H16N4O2S. The topological polar surface area (TPSA) is 76.9 Å². The molecule has 1 aliphatic carbocycles.